The van der Waals surface area contributed by atoms with Crippen molar-refractivity contribution in [2.45, 2.75) is 12.8 Å². The Morgan fingerprint density at radius 1 is 1.19 bits per heavy atom. The minimum atomic E-state index is -0.351. The van der Waals surface area contributed by atoms with Crippen molar-refractivity contribution in [3.05, 3.63) is 82.6 Å². The quantitative estimate of drug-likeness (QED) is 0.533. The molecule has 0 fully saturated rings. The van der Waals surface area contributed by atoms with Crippen LogP contribution in [0.25, 0.3) is 10.9 Å². The molecule has 0 spiro atoms. The predicted octanol–water partition coefficient (Wildman–Crippen LogP) is 3.77. The van der Waals surface area contributed by atoms with Crippen LogP contribution in [0.5, 0.6) is 0 Å². The van der Waals surface area contributed by atoms with Crippen molar-refractivity contribution in [3.8, 4) is 0 Å². The zero-order valence-corrected chi connectivity index (χ0v) is 15.2. The molecule has 2 aromatic carbocycles. The number of halogens is 1. The molecule has 0 atom stereocenters. The number of amides is 1. The Hall–Kier alpha value is -3.12. The van der Waals surface area contributed by atoms with E-state index in [1.54, 1.807) is 0 Å². The lowest BCUT2D eigenvalue weighted by molar-refractivity contribution is 0.0941. The average Bonchev–Trinajstić information content (AvgIpc) is 3.30. The van der Waals surface area contributed by atoms with Crippen LogP contribution in [0, 0.1) is 0 Å². The summed E-state index contributed by atoms with van der Waals surface area (Å²) in [4.78, 5) is 19.6. The third-order valence-electron chi connectivity index (χ3n) is 4.28. The molecule has 4 aromatic rings. The topological polar surface area (TPSA) is 83.8 Å². The first-order chi connectivity index (χ1) is 13.2. The van der Waals surface area contributed by atoms with Crippen molar-refractivity contribution < 1.29 is 9.32 Å². The lowest BCUT2D eigenvalue weighted by Crippen LogP contribution is -2.26. The minimum Gasteiger partial charge on any atom is -0.361 e. The number of carbonyl (C=O) groups is 1. The second-order valence-electron chi connectivity index (χ2n) is 6.18. The largest absolute Gasteiger partial charge is 0.361 e. The van der Waals surface area contributed by atoms with Crippen molar-refractivity contribution in [2.24, 2.45) is 0 Å². The van der Waals surface area contributed by atoms with E-state index in [9.17, 15) is 4.79 Å². The number of rotatable bonds is 6. The second-order valence-corrected chi connectivity index (χ2v) is 6.62. The maximum absolute atomic E-state index is 12.2. The van der Waals surface area contributed by atoms with Crippen molar-refractivity contribution in [1.82, 2.24) is 20.4 Å². The Labute approximate surface area is 160 Å². The van der Waals surface area contributed by atoms with E-state index in [2.05, 4.69) is 20.4 Å². The Morgan fingerprint density at radius 3 is 2.89 bits per heavy atom. The highest BCUT2D eigenvalue weighted by Gasteiger charge is 2.14. The molecule has 136 valence electrons. The molecule has 2 heterocycles. The lowest BCUT2D eigenvalue weighted by atomic mass is 10.1. The number of fused-ring (bicyclic) bond motifs is 1. The van der Waals surface area contributed by atoms with Crippen LogP contribution in [-0.2, 0) is 12.8 Å². The Balaban J connectivity index is 1.35. The highest BCUT2D eigenvalue weighted by Crippen LogP contribution is 2.22. The Morgan fingerprint density at radius 2 is 2.04 bits per heavy atom. The molecule has 0 saturated carbocycles. The predicted molar refractivity (Wildman–Crippen MR) is 103 cm³/mol. The fraction of sp³-hybridized carbons (Fsp3) is 0.150. The number of hydrogen-bond acceptors (Lipinski definition) is 4. The van der Waals surface area contributed by atoms with Gasteiger partial charge in [0.25, 0.3) is 11.7 Å². The zero-order chi connectivity index (χ0) is 18.6. The van der Waals surface area contributed by atoms with E-state index in [1.807, 2.05) is 54.7 Å². The summed E-state index contributed by atoms with van der Waals surface area (Å²) in [5.41, 5.74) is 3.15. The van der Waals surface area contributed by atoms with Crippen LogP contribution < -0.4 is 5.32 Å². The first-order valence-corrected chi connectivity index (χ1v) is 8.97. The number of benzene rings is 2. The number of hydrogen-bond donors (Lipinski definition) is 2. The van der Waals surface area contributed by atoms with E-state index < -0.39 is 0 Å². The van der Waals surface area contributed by atoms with Crippen LogP contribution >= 0.6 is 11.6 Å². The van der Waals surface area contributed by atoms with Gasteiger partial charge in [0.2, 0.25) is 5.89 Å². The van der Waals surface area contributed by atoms with Crippen molar-refractivity contribution in [3.63, 3.8) is 0 Å². The van der Waals surface area contributed by atoms with Gasteiger partial charge in [-0.25, -0.2) is 0 Å². The molecule has 0 aliphatic rings. The lowest BCUT2D eigenvalue weighted by Gasteiger charge is -2.02. The van der Waals surface area contributed by atoms with Gasteiger partial charge in [-0.15, -0.1) is 0 Å². The van der Waals surface area contributed by atoms with Crippen molar-refractivity contribution in [2.75, 3.05) is 6.54 Å². The summed E-state index contributed by atoms with van der Waals surface area (Å²) in [6.07, 6.45) is 3.09. The van der Waals surface area contributed by atoms with Crippen LogP contribution in [-0.4, -0.2) is 27.6 Å². The van der Waals surface area contributed by atoms with Gasteiger partial charge in [0.15, 0.2) is 0 Å². The van der Waals surface area contributed by atoms with E-state index in [0.29, 0.717) is 30.3 Å². The van der Waals surface area contributed by atoms with Gasteiger partial charge in [-0.1, -0.05) is 47.1 Å². The first-order valence-electron chi connectivity index (χ1n) is 8.59. The standard InChI is InChI=1S/C20H17ClN4O2/c21-15-6-7-17-16(11-15)14(12-23-17)8-9-22-20(26)19-24-18(27-25-19)10-13-4-2-1-3-5-13/h1-7,11-12,23H,8-10H2,(H,22,26). The molecule has 0 saturated heterocycles. The fourth-order valence-electron chi connectivity index (χ4n) is 2.94. The molecule has 0 radical (unpaired) electrons. The van der Waals surface area contributed by atoms with E-state index in [0.717, 1.165) is 22.0 Å². The van der Waals surface area contributed by atoms with Crippen molar-refractivity contribution in [1.29, 1.82) is 0 Å². The first kappa shape index (κ1) is 17.3. The summed E-state index contributed by atoms with van der Waals surface area (Å²) >= 11 is 6.06. The summed E-state index contributed by atoms with van der Waals surface area (Å²) < 4.78 is 5.17. The third kappa shape index (κ3) is 4.01. The summed E-state index contributed by atoms with van der Waals surface area (Å²) in [6, 6.07) is 15.5. The van der Waals surface area contributed by atoms with Gasteiger partial charge >= 0.3 is 0 Å². The maximum Gasteiger partial charge on any atom is 0.292 e. The number of nitrogens with zero attached hydrogens (tertiary/aromatic N) is 2. The highest BCUT2D eigenvalue weighted by atomic mass is 35.5. The van der Waals surface area contributed by atoms with Gasteiger partial charge in [0.1, 0.15) is 0 Å². The molecular weight excluding hydrogens is 364 g/mol. The molecule has 0 bridgehead atoms. The Bertz CT molecular complexity index is 1070. The highest BCUT2D eigenvalue weighted by molar-refractivity contribution is 6.31. The molecule has 27 heavy (non-hydrogen) atoms. The number of nitrogens with one attached hydrogen (secondary N) is 2. The molecule has 2 aromatic heterocycles. The van der Waals surface area contributed by atoms with Gasteiger partial charge in [-0.2, -0.15) is 4.98 Å². The monoisotopic (exact) mass is 380 g/mol. The van der Waals surface area contributed by atoms with Crippen LogP contribution in [0.3, 0.4) is 0 Å². The van der Waals surface area contributed by atoms with Crippen LogP contribution in [0.4, 0.5) is 0 Å². The summed E-state index contributed by atoms with van der Waals surface area (Å²) in [5.74, 6) is 0.108. The summed E-state index contributed by atoms with van der Waals surface area (Å²) in [5, 5.41) is 8.33. The molecule has 7 heteroatoms. The molecule has 0 aliphatic carbocycles. The second kappa shape index (κ2) is 7.63. The van der Waals surface area contributed by atoms with Crippen LogP contribution in [0.1, 0.15) is 27.6 Å². The summed E-state index contributed by atoms with van der Waals surface area (Å²) in [6.45, 7) is 0.459. The van der Waals surface area contributed by atoms with E-state index in [-0.39, 0.29) is 11.7 Å². The maximum atomic E-state index is 12.2. The van der Waals surface area contributed by atoms with Gasteiger partial charge < -0.3 is 14.8 Å². The molecule has 0 unspecified atom stereocenters. The molecule has 4 rings (SSSR count). The number of carbonyl (C=O) groups excluding carboxylic acids is 1. The van der Waals surface area contributed by atoms with Crippen molar-refractivity contribution >= 4 is 28.4 Å². The number of H-pyrrole nitrogens is 1. The van der Waals surface area contributed by atoms with E-state index in [4.69, 9.17) is 16.1 Å². The van der Waals surface area contributed by atoms with Crippen LogP contribution in [0.15, 0.2) is 59.3 Å². The molecule has 2 N–H and O–H groups in total. The molecular formula is C20H17ClN4O2. The third-order valence-corrected chi connectivity index (χ3v) is 4.51. The smallest absolute Gasteiger partial charge is 0.292 e. The van der Waals surface area contributed by atoms with E-state index in [1.165, 1.54) is 0 Å². The van der Waals surface area contributed by atoms with Gasteiger partial charge in [0, 0.05) is 28.7 Å². The Kier molecular flexibility index (Phi) is 4.89. The number of aromatic nitrogens is 3. The SMILES string of the molecule is O=C(NCCc1c[nH]c2ccc(Cl)cc12)c1noc(Cc2ccccc2)n1. The minimum absolute atomic E-state index is 0.0444. The van der Waals surface area contributed by atoms with Gasteiger partial charge in [-0.05, 0) is 35.7 Å². The molecule has 0 aliphatic heterocycles. The zero-order valence-electron chi connectivity index (χ0n) is 14.4. The summed E-state index contributed by atoms with van der Waals surface area (Å²) in [7, 11) is 0. The number of aromatic amines is 1. The molecule has 1 amide bonds. The van der Waals surface area contributed by atoms with Gasteiger partial charge in [0.05, 0.1) is 6.42 Å². The normalized spacial score (nSPS) is 11.0. The van der Waals surface area contributed by atoms with Crippen LogP contribution in [0.2, 0.25) is 5.02 Å². The molecule has 6 nitrogen and oxygen atoms in total. The fourth-order valence-corrected chi connectivity index (χ4v) is 3.11. The van der Waals surface area contributed by atoms with Gasteiger partial charge in [-0.3, -0.25) is 4.79 Å². The van der Waals surface area contributed by atoms with E-state index >= 15 is 0 Å². The average molecular weight is 381 g/mol.